The van der Waals surface area contributed by atoms with Crippen LogP contribution < -0.4 is 5.73 Å². The number of carbonyl (C=O) groups is 2. The number of carbonyl (C=O) groups excluding carboxylic acids is 1. The van der Waals surface area contributed by atoms with Crippen molar-refractivity contribution in [3.8, 4) is 0 Å². The van der Waals surface area contributed by atoms with Gasteiger partial charge in [-0.05, 0) is 0 Å². The molecule has 0 aliphatic carbocycles. The second kappa shape index (κ2) is 9.95. The van der Waals surface area contributed by atoms with Crippen molar-refractivity contribution in [1.29, 1.82) is 0 Å². The standard InChI is InChI=1S/C2H4FNO2.CH2O2/c3-6-2(5)1-4;2-1-3/h1,4H2;1H,(H,2,3). The normalized spacial score (nSPS) is 6.44. The fourth-order valence-corrected chi connectivity index (χ4v) is 0.0315. The van der Waals surface area contributed by atoms with Gasteiger partial charge in [-0.15, -0.1) is 0 Å². The second-order valence-electron chi connectivity index (χ2n) is 0.759. The van der Waals surface area contributed by atoms with Gasteiger partial charge in [0.05, 0.1) is 6.54 Å². The Labute approximate surface area is 50.1 Å². The fourth-order valence-electron chi connectivity index (χ4n) is 0.0315. The van der Waals surface area contributed by atoms with Gasteiger partial charge in [0.2, 0.25) is 0 Å². The highest BCUT2D eigenvalue weighted by Crippen LogP contribution is 1.69. The molecule has 9 heavy (non-hydrogen) atoms. The van der Waals surface area contributed by atoms with E-state index in [4.69, 9.17) is 9.90 Å². The van der Waals surface area contributed by atoms with Crippen LogP contribution in [0, 0.1) is 0 Å². The summed E-state index contributed by atoms with van der Waals surface area (Å²) in [4.78, 5) is 20.5. The summed E-state index contributed by atoms with van der Waals surface area (Å²) in [6, 6.07) is 0. The third-order valence-electron chi connectivity index (χ3n) is 0.253. The van der Waals surface area contributed by atoms with Gasteiger partial charge in [-0.25, -0.2) is 4.79 Å². The zero-order valence-electron chi connectivity index (χ0n) is 4.41. The van der Waals surface area contributed by atoms with E-state index in [9.17, 15) is 9.32 Å². The van der Waals surface area contributed by atoms with Crippen LogP contribution in [-0.2, 0) is 14.5 Å². The largest absolute Gasteiger partial charge is 0.483 e. The molecule has 0 aliphatic rings. The van der Waals surface area contributed by atoms with Gasteiger partial charge < -0.3 is 10.8 Å². The molecular weight excluding hydrogens is 133 g/mol. The van der Waals surface area contributed by atoms with Crippen molar-refractivity contribution >= 4 is 12.4 Å². The summed E-state index contributed by atoms with van der Waals surface area (Å²) in [6.07, 6.45) is 0. The monoisotopic (exact) mass is 139 g/mol. The van der Waals surface area contributed by atoms with Crippen LogP contribution in [-0.4, -0.2) is 24.1 Å². The van der Waals surface area contributed by atoms with Gasteiger partial charge in [-0.2, -0.15) is 0 Å². The van der Waals surface area contributed by atoms with E-state index in [-0.39, 0.29) is 6.47 Å². The highest BCUT2D eigenvalue weighted by molar-refractivity contribution is 5.70. The molecule has 0 rings (SSSR count). The van der Waals surface area contributed by atoms with Crippen LogP contribution in [0.3, 0.4) is 0 Å². The predicted octanol–water partition coefficient (Wildman–Crippen LogP) is -0.926. The lowest BCUT2D eigenvalue weighted by Crippen LogP contribution is -2.12. The molecule has 0 heterocycles. The Hall–Kier alpha value is -1.17. The van der Waals surface area contributed by atoms with Crippen molar-refractivity contribution in [2.45, 2.75) is 0 Å². The first-order valence-corrected chi connectivity index (χ1v) is 1.82. The molecule has 5 nitrogen and oxygen atoms in total. The first-order valence-electron chi connectivity index (χ1n) is 1.82. The molecule has 0 saturated heterocycles. The summed E-state index contributed by atoms with van der Waals surface area (Å²) < 4.78 is 10.5. The van der Waals surface area contributed by atoms with Crippen LogP contribution in [0.25, 0.3) is 0 Å². The van der Waals surface area contributed by atoms with Gasteiger partial charge in [-0.1, -0.05) is 0 Å². The molecule has 0 saturated carbocycles. The lowest BCUT2D eigenvalue weighted by molar-refractivity contribution is -0.181. The summed E-state index contributed by atoms with van der Waals surface area (Å²) in [5, 5.41) is 6.89. The Morgan fingerprint density at radius 2 is 2.22 bits per heavy atom. The van der Waals surface area contributed by atoms with E-state index in [0.717, 1.165) is 0 Å². The van der Waals surface area contributed by atoms with E-state index in [0.29, 0.717) is 0 Å². The van der Waals surface area contributed by atoms with Gasteiger partial charge in [0.25, 0.3) is 6.47 Å². The van der Waals surface area contributed by atoms with Crippen molar-refractivity contribution in [2.24, 2.45) is 5.73 Å². The van der Waals surface area contributed by atoms with Crippen LogP contribution in [0.5, 0.6) is 0 Å². The number of halogens is 1. The lowest BCUT2D eigenvalue weighted by atomic mass is 10.7. The maximum absolute atomic E-state index is 10.5. The summed E-state index contributed by atoms with van der Waals surface area (Å²) >= 11 is 0. The van der Waals surface area contributed by atoms with E-state index in [2.05, 4.69) is 10.7 Å². The first-order chi connectivity index (χ1) is 4.22. The average Bonchev–Trinajstić information content (AvgIpc) is 1.88. The Morgan fingerprint density at radius 1 is 1.89 bits per heavy atom. The summed E-state index contributed by atoms with van der Waals surface area (Å²) in [6.45, 7) is -0.656. The summed E-state index contributed by atoms with van der Waals surface area (Å²) in [5.74, 6) is -1.05. The Kier molecular flexibility index (Phi) is 11.9. The number of hydrogen-bond acceptors (Lipinski definition) is 4. The topological polar surface area (TPSA) is 89.6 Å². The van der Waals surface area contributed by atoms with Crippen molar-refractivity contribution < 1.29 is 24.2 Å². The minimum atomic E-state index is -1.05. The van der Waals surface area contributed by atoms with Gasteiger partial charge in [0.1, 0.15) is 0 Å². The molecule has 0 fully saturated rings. The third-order valence-corrected chi connectivity index (χ3v) is 0.253. The average molecular weight is 139 g/mol. The molecule has 0 aromatic carbocycles. The summed E-state index contributed by atoms with van der Waals surface area (Å²) in [5.41, 5.74) is 4.57. The molecule has 3 N–H and O–H groups in total. The van der Waals surface area contributed by atoms with Crippen LogP contribution in [0.15, 0.2) is 0 Å². The minimum absolute atomic E-state index is 0.250. The number of hydrogen-bond donors (Lipinski definition) is 2. The van der Waals surface area contributed by atoms with Gasteiger partial charge in [0.15, 0.2) is 0 Å². The Morgan fingerprint density at radius 3 is 2.22 bits per heavy atom. The van der Waals surface area contributed by atoms with Gasteiger partial charge >= 0.3 is 5.97 Å². The van der Waals surface area contributed by atoms with Crippen LogP contribution in [0.2, 0.25) is 0 Å². The van der Waals surface area contributed by atoms with E-state index >= 15 is 0 Å². The Bertz CT molecular complexity index is 79.9. The summed E-state index contributed by atoms with van der Waals surface area (Å²) in [7, 11) is 0. The molecule has 6 heteroatoms. The van der Waals surface area contributed by atoms with Gasteiger partial charge in [0, 0.05) is 4.53 Å². The highest BCUT2D eigenvalue weighted by atomic mass is 19.3. The highest BCUT2D eigenvalue weighted by Gasteiger charge is 1.92. The molecule has 0 amide bonds. The molecule has 0 aromatic heterocycles. The molecule has 0 aromatic rings. The smallest absolute Gasteiger partial charge is 0.362 e. The first kappa shape index (κ1) is 10.7. The van der Waals surface area contributed by atoms with Crippen molar-refractivity contribution in [3.63, 3.8) is 0 Å². The van der Waals surface area contributed by atoms with E-state index in [1.54, 1.807) is 0 Å². The quantitative estimate of drug-likeness (QED) is 0.458. The minimum Gasteiger partial charge on any atom is -0.483 e. The zero-order valence-corrected chi connectivity index (χ0v) is 4.41. The second-order valence-corrected chi connectivity index (χ2v) is 0.759. The van der Waals surface area contributed by atoms with Crippen LogP contribution in [0.1, 0.15) is 0 Å². The molecule has 0 atom stereocenters. The number of nitrogens with two attached hydrogens (primary N) is 1. The van der Waals surface area contributed by atoms with E-state index in [1.807, 2.05) is 0 Å². The SMILES string of the molecule is NCC(=O)OF.O=CO. The molecular formula is C3H6FNO4. The molecule has 0 aliphatic heterocycles. The van der Waals surface area contributed by atoms with E-state index < -0.39 is 12.5 Å². The van der Waals surface area contributed by atoms with Crippen molar-refractivity contribution in [3.05, 3.63) is 0 Å². The maximum Gasteiger partial charge on any atom is 0.362 e. The fraction of sp³-hybridized carbons (Fsp3) is 0.333. The maximum atomic E-state index is 10.5. The third kappa shape index (κ3) is 19.9. The molecule has 0 radical (unpaired) electrons. The lowest BCUT2D eigenvalue weighted by Gasteiger charge is -1.79. The van der Waals surface area contributed by atoms with Crippen molar-refractivity contribution in [2.75, 3.05) is 6.54 Å². The van der Waals surface area contributed by atoms with Crippen LogP contribution in [0.4, 0.5) is 4.53 Å². The van der Waals surface area contributed by atoms with Crippen LogP contribution >= 0.6 is 0 Å². The van der Waals surface area contributed by atoms with Gasteiger partial charge in [-0.3, -0.25) is 9.74 Å². The molecule has 0 unspecified atom stereocenters. The number of rotatable bonds is 1. The molecule has 54 valence electrons. The van der Waals surface area contributed by atoms with Crippen molar-refractivity contribution in [1.82, 2.24) is 0 Å². The van der Waals surface area contributed by atoms with E-state index in [1.165, 1.54) is 0 Å². The Balaban J connectivity index is 0. The molecule has 0 spiro atoms. The molecule has 0 bridgehead atoms. The zero-order chi connectivity index (χ0) is 7.70. The predicted molar refractivity (Wildman–Crippen MR) is 24.9 cm³/mol. The number of carboxylic acid groups (broad SMARTS) is 1.